The normalized spacial score (nSPS) is 22.4. The Kier molecular flexibility index (Phi) is 8.04. The minimum Gasteiger partial charge on any atom is -0.445 e. The molecule has 4 aliphatic heterocycles. The Morgan fingerprint density at radius 1 is 0.977 bits per heavy atom. The van der Waals surface area contributed by atoms with Crippen LogP contribution in [-0.2, 0) is 27.5 Å². The molecule has 2 aromatic rings. The molecule has 3 fully saturated rings. The van der Waals surface area contributed by atoms with Crippen LogP contribution in [0.1, 0.15) is 47.2 Å². The highest BCUT2D eigenvalue weighted by atomic mass is 19.1. The smallest absolute Gasteiger partial charge is 0.410 e. The number of piperidine rings is 2. The van der Waals surface area contributed by atoms with Crippen LogP contribution >= 0.6 is 0 Å². The molecule has 4 heterocycles. The van der Waals surface area contributed by atoms with Gasteiger partial charge in [0.2, 0.25) is 11.8 Å². The summed E-state index contributed by atoms with van der Waals surface area (Å²) in [6, 6.07) is 11.8. The van der Waals surface area contributed by atoms with Gasteiger partial charge in [-0.1, -0.05) is 30.3 Å². The average molecular weight is 596 g/mol. The molecular formula is C31H35F2N5O5. The van der Waals surface area contributed by atoms with Gasteiger partial charge in [-0.15, -0.1) is 0 Å². The van der Waals surface area contributed by atoms with Crippen LogP contribution < -0.4 is 10.2 Å². The monoisotopic (exact) mass is 595 g/mol. The molecule has 12 heteroatoms. The summed E-state index contributed by atoms with van der Waals surface area (Å²) in [6.45, 7) is 3.08. The van der Waals surface area contributed by atoms with Gasteiger partial charge in [-0.3, -0.25) is 24.6 Å². The van der Waals surface area contributed by atoms with Crippen LogP contribution in [0.2, 0.25) is 0 Å². The lowest BCUT2D eigenvalue weighted by Crippen LogP contribution is -2.54. The lowest BCUT2D eigenvalue weighted by molar-refractivity contribution is -0.136. The van der Waals surface area contributed by atoms with Crippen molar-refractivity contribution in [3.05, 3.63) is 65.0 Å². The van der Waals surface area contributed by atoms with Crippen LogP contribution in [-0.4, -0.2) is 96.0 Å². The number of nitrogens with zero attached hydrogens (tertiary/aromatic N) is 4. The first kappa shape index (κ1) is 29.0. The number of hydrogen-bond donors (Lipinski definition) is 1. The van der Waals surface area contributed by atoms with E-state index in [9.17, 15) is 19.2 Å². The predicted octanol–water partition coefficient (Wildman–Crippen LogP) is 2.85. The number of piperazine rings is 1. The van der Waals surface area contributed by atoms with Gasteiger partial charge in [0.1, 0.15) is 18.3 Å². The first-order valence-corrected chi connectivity index (χ1v) is 14.8. The number of imide groups is 1. The van der Waals surface area contributed by atoms with E-state index >= 15 is 8.78 Å². The van der Waals surface area contributed by atoms with E-state index in [1.165, 1.54) is 4.90 Å². The number of halogens is 2. The fourth-order valence-electron chi connectivity index (χ4n) is 6.44. The fraction of sp³-hybridized carbons (Fsp3) is 0.484. The van der Waals surface area contributed by atoms with Crippen molar-refractivity contribution in [3.63, 3.8) is 0 Å². The topological polar surface area (TPSA) is 102 Å². The van der Waals surface area contributed by atoms with Crippen molar-refractivity contribution in [2.45, 2.75) is 50.5 Å². The summed E-state index contributed by atoms with van der Waals surface area (Å²) in [7, 11) is 0. The van der Waals surface area contributed by atoms with E-state index in [0.717, 1.165) is 5.56 Å². The largest absolute Gasteiger partial charge is 0.445 e. The van der Waals surface area contributed by atoms with Crippen molar-refractivity contribution in [2.75, 3.05) is 50.7 Å². The van der Waals surface area contributed by atoms with Crippen molar-refractivity contribution < 1.29 is 32.7 Å². The summed E-state index contributed by atoms with van der Waals surface area (Å²) in [4.78, 5) is 56.1. The van der Waals surface area contributed by atoms with E-state index in [1.54, 1.807) is 17.0 Å². The molecule has 4 aliphatic rings. The predicted molar refractivity (Wildman–Crippen MR) is 152 cm³/mol. The van der Waals surface area contributed by atoms with Crippen molar-refractivity contribution in [2.24, 2.45) is 0 Å². The number of alkyl halides is 1. The van der Waals surface area contributed by atoms with Crippen LogP contribution in [0.4, 0.5) is 19.3 Å². The van der Waals surface area contributed by atoms with E-state index < -0.39 is 29.3 Å². The Hall–Kier alpha value is -4.06. The maximum Gasteiger partial charge on any atom is 0.410 e. The molecule has 4 amide bonds. The molecule has 6 rings (SSSR count). The third-order valence-corrected chi connectivity index (χ3v) is 8.97. The number of anilines is 1. The van der Waals surface area contributed by atoms with E-state index in [-0.39, 0.29) is 68.5 Å². The lowest BCUT2D eigenvalue weighted by Gasteiger charge is -2.42. The van der Waals surface area contributed by atoms with Gasteiger partial charge in [-0.05, 0) is 24.1 Å². The molecule has 43 heavy (non-hydrogen) atoms. The van der Waals surface area contributed by atoms with Crippen LogP contribution in [0.25, 0.3) is 0 Å². The van der Waals surface area contributed by atoms with Gasteiger partial charge in [0, 0.05) is 76.2 Å². The Labute approximate surface area is 248 Å². The van der Waals surface area contributed by atoms with Gasteiger partial charge in [0.05, 0.1) is 12.2 Å². The van der Waals surface area contributed by atoms with E-state index in [0.29, 0.717) is 45.0 Å². The summed E-state index contributed by atoms with van der Waals surface area (Å²) < 4.78 is 37.1. The molecule has 2 aromatic carbocycles. The summed E-state index contributed by atoms with van der Waals surface area (Å²) in [5, 5.41) is 2.25. The number of amides is 4. The molecule has 0 aromatic heterocycles. The first-order chi connectivity index (χ1) is 20.7. The standard InChI is InChI=1S/C31H35F2N5O5/c32-27-23-18-38(25-8-9-26(39)34-28(25)40)29(41)22(23)6-7-24(27)36-12-10-31(33,11-13-36)20-35-14-16-37(17-15-35)30(42)43-19-21-4-2-1-3-5-21/h1-7,25H,8-20H2,(H,34,39,40). The Morgan fingerprint density at radius 3 is 2.40 bits per heavy atom. The molecular weight excluding hydrogens is 560 g/mol. The highest BCUT2D eigenvalue weighted by molar-refractivity contribution is 6.05. The molecule has 0 saturated carbocycles. The molecule has 1 atom stereocenters. The number of fused-ring (bicyclic) bond motifs is 1. The molecule has 0 spiro atoms. The fourth-order valence-corrected chi connectivity index (χ4v) is 6.44. The van der Waals surface area contributed by atoms with Gasteiger partial charge >= 0.3 is 6.09 Å². The number of hydrogen-bond acceptors (Lipinski definition) is 7. The highest BCUT2D eigenvalue weighted by Gasteiger charge is 2.42. The Morgan fingerprint density at radius 2 is 1.70 bits per heavy atom. The first-order valence-electron chi connectivity index (χ1n) is 14.8. The van der Waals surface area contributed by atoms with Crippen molar-refractivity contribution in [3.8, 4) is 0 Å². The van der Waals surface area contributed by atoms with Gasteiger partial charge in [0.25, 0.3) is 5.91 Å². The Balaban J connectivity index is 1.00. The van der Waals surface area contributed by atoms with E-state index in [4.69, 9.17) is 4.74 Å². The maximum absolute atomic E-state index is 15.9. The molecule has 1 unspecified atom stereocenters. The number of rotatable bonds is 6. The number of nitrogens with one attached hydrogen (secondary N) is 1. The number of ether oxygens (including phenoxy) is 1. The number of benzene rings is 2. The molecule has 0 aliphatic carbocycles. The number of carbonyl (C=O) groups excluding carboxylic acids is 4. The SMILES string of the molecule is O=C1CCC(N2Cc3c(ccc(N4CCC(F)(CN5CCN(C(=O)OCc6ccccc6)CC5)CC4)c3F)C2=O)C(=O)N1. The second-order valence-corrected chi connectivity index (χ2v) is 11.8. The van der Waals surface area contributed by atoms with Crippen LogP contribution in [0.3, 0.4) is 0 Å². The zero-order valence-electron chi connectivity index (χ0n) is 23.9. The van der Waals surface area contributed by atoms with Gasteiger partial charge in [-0.25, -0.2) is 13.6 Å². The number of carbonyl (C=O) groups is 4. The highest BCUT2D eigenvalue weighted by Crippen LogP contribution is 2.36. The third-order valence-electron chi connectivity index (χ3n) is 8.97. The molecule has 0 radical (unpaired) electrons. The van der Waals surface area contributed by atoms with Crippen molar-refractivity contribution >= 4 is 29.5 Å². The molecule has 3 saturated heterocycles. The molecule has 228 valence electrons. The summed E-state index contributed by atoms with van der Waals surface area (Å²) in [6.07, 6.45) is 0.413. The summed E-state index contributed by atoms with van der Waals surface area (Å²) in [5.41, 5.74) is 0.248. The van der Waals surface area contributed by atoms with E-state index in [2.05, 4.69) is 5.32 Å². The van der Waals surface area contributed by atoms with Gasteiger partial charge < -0.3 is 19.4 Å². The average Bonchev–Trinajstić information content (AvgIpc) is 3.34. The summed E-state index contributed by atoms with van der Waals surface area (Å²) >= 11 is 0. The quantitative estimate of drug-likeness (QED) is 0.513. The van der Waals surface area contributed by atoms with E-state index in [1.807, 2.05) is 40.1 Å². The maximum atomic E-state index is 15.9. The minimum atomic E-state index is -1.43. The van der Waals surface area contributed by atoms with Gasteiger partial charge in [-0.2, -0.15) is 0 Å². The lowest BCUT2D eigenvalue weighted by atomic mass is 9.91. The molecule has 1 N–H and O–H groups in total. The second-order valence-electron chi connectivity index (χ2n) is 11.8. The summed E-state index contributed by atoms with van der Waals surface area (Å²) in [5.74, 6) is -1.88. The zero-order valence-corrected chi connectivity index (χ0v) is 23.9. The third kappa shape index (κ3) is 6.06. The molecule has 0 bridgehead atoms. The van der Waals surface area contributed by atoms with Crippen LogP contribution in [0, 0.1) is 5.82 Å². The van der Waals surface area contributed by atoms with Crippen LogP contribution in [0.15, 0.2) is 42.5 Å². The van der Waals surface area contributed by atoms with Crippen molar-refractivity contribution in [1.29, 1.82) is 0 Å². The molecule has 10 nitrogen and oxygen atoms in total. The minimum absolute atomic E-state index is 0.0488. The van der Waals surface area contributed by atoms with Crippen molar-refractivity contribution in [1.82, 2.24) is 20.0 Å². The second kappa shape index (κ2) is 11.9. The van der Waals surface area contributed by atoms with Crippen LogP contribution in [0.5, 0.6) is 0 Å². The van der Waals surface area contributed by atoms with Gasteiger partial charge in [0.15, 0.2) is 5.82 Å². The Bertz CT molecular complexity index is 1410. The zero-order chi connectivity index (χ0) is 30.1.